The summed E-state index contributed by atoms with van der Waals surface area (Å²) in [5.74, 6) is -0.112. The summed E-state index contributed by atoms with van der Waals surface area (Å²) in [5, 5.41) is 4.04. The number of rotatable bonds is 5. The third kappa shape index (κ3) is 4.47. The quantitative estimate of drug-likeness (QED) is 0.782. The number of nitrogens with one attached hydrogen (secondary N) is 2. The van der Waals surface area contributed by atoms with Gasteiger partial charge in [0.2, 0.25) is 5.91 Å². The second-order valence-corrected chi connectivity index (χ2v) is 5.90. The van der Waals surface area contributed by atoms with Gasteiger partial charge in [0, 0.05) is 30.3 Å². The zero-order chi connectivity index (χ0) is 15.4. The highest BCUT2D eigenvalue weighted by Gasteiger charge is 2.19. The summed E-state index contributed by atoms with van der Waals surface area (Å²) in [6.07, 6.45) is 5.89. The van der Waals surface area contributed by atoms with Gasteiger partial charge in [0.15, 0.2) is 0 Å². The average Bonchev–Trinajstić information content (AvgIpc) is 2.97. The summed E-state index contributed by atoms with van der Waals surface area (Å²) in [6.45, 7) is 1.35. The number of fused-ring (bicyclic) bond motifs is 1. The highest BCUT2D eigenvalue weighted by molar-refractivity contribution is 5.86. The number of ether oxygens (including phenoxy) is 1. The lowest BCUT2D eigenvalue weighted by Crippen LogP contribution is -2.45. The molecule has 1 aromatic heterocycles. The number of amides is 1. The third-order valence-corrected chi connectivity index (χ3v) is 4.23. The Morgan fingerprint density at radius 3 is 3.00 bits per heavy atom. The molecule has 0 radical (unpaired) electrons. The Morgan fingerprint density at radius 2 is 2.22 bits per heavy atom. The van der Waals surface area contributed by atoms with Crippen LogP contribution in [-0.2, 0) is 16.0 Å². The Labute approximate surface area is 142 Å². The summed E-state index contributed by atoms with van der Waals surface area (Å²) in [7, 11) is 0. The summed E-state index contributed by atoms with van der Waals surface area (Å²) < 4.78 is 5.61. The first-order valence-corrected chi connectivity index (χ1v) is 7.94. The van der Waals surface area contributed by atoms with E-state index in [0.29, 0.717) is 13.0 Å². The molecule has 1 unspecified atom stereocenters. The van der Waals surface area contributed by atoms with Crippen LogP contribution in [0.15, 0.2) is 30.5 Å². The van der Waals surface area contributed by atoms with Crippen molar-refractivity contribution in [2.45, 2.75) is 37.8 Å². The number of hydrogen-bond acceptors (Lipinski definition) is 3. The zero-order valence-electron chi connectivity index (χ0n) is 13.1. The van der Waals surface area contributed by atoms with Crippen molar-refractivity contribution in [2.75, 3.05) is 13.2 Å². The number of H-pyrrole nitrogens is 1. The molecule has 3 rings (SSSR count). The number of carbonyl (C=O) groups excluding carboxylic acids is 1. The molecule has 1 fully saturated rings. The Balaban J connectivity index is 0.00000192. The van der Waals surface area contributed by atoms with Crippen LogP contribution in [0.3, 0.4) is 0 Å². The van der Waals surface area contributed by atoms with Gasteiger partial charge >= 0.3 is 0 Å². The van der Waals surface area contributed by atoms with Crippen molar-refractivity contribution in [3.05, 3.63) is 36.0 Å². The van der Waals surface area contributed by atoms with Gasteiger partial charge in [0.05, 0.1) is 12.1 Å². The van der Waals surface area contributed by atoms with Gasteiger partial charge in [0.25, 0.3) is 0 Å². The van der Waals surface area contributed by atoms with Gasteiger partial charge in [-0.3, -0.25) is 4.79 Å². The maximum Gasteiger partial charge on any atom is 0.237 e. The van der Waals surface area contributed by atoms with Crippen LogP contribution in [0, 0.1) is 0 Å². The normalized spacial score (nSPS) is 19.1. The molecule has 126 valence electrons. The topological polar surface area (TPSA) is 80.1 Å². The lowest BCUT2D eigenvalue weighted by atomic mass is 10.0. The van der Waals surface area contributed by atoms with Crippen LogP contribution in [0.2, 0.25) is 0 Å². The predicted molar refractivity (Wildman–Crippen MR) is 93.8 cm³/mol. The molecule has 0 bridgehead atoms. The van der Waals surface area contributed by atoms with Crippen LogP contribution >= 0.6 is 12.4 Å². The van der Waals surface area contributed by atoms with Crippen molar-refractivity contribution in [2.24, 2.45) is 5.73 Å². The maximum absolute atomic E-state index is 12.1. The summed E-state index contributed by atoms with van der Waals surface area (Å²) in [6, 6.07) is 7.50. The van der Waals surface area contributed by atoms with Crippen LogP contribution < -0.4 is 11.1 Å². The molecule has 1 aliphatic rings. The maximum atomic E-state index is 12.1. The Morgan fingerprint density at radius 1 is 1.39 bits per heavy atom. The largest absolute Gasteiger partial charge is 0.376 e. The van der Waals surface area contributed by atoms with Gasteiger partial charge < -0.3 is 20.8 Å². The van der Waals surface area contributed by atoms with E-state index in [2.05, 4.69) is 10.3 Å². The Kier molecular flexibility index (Phi) is 6.45. The van der Waals surface area contributed by atoms with Crippen molar-refractivity contribution in [3.63, 3.8) is 0 Å². The molecular weight excluding hydrogens is 314 g/mol. The highest BCUT2D eigenvalue weighted by atomic mass is 35.5. The van der Waals surface area contributed by atoms with Crippen molar-refractivity contribution >= 4 is 29.2 Å². The average molecular weight is 338 g/mol. The fourth-order valence-corrected chi connectivity index (χ4v) is 2.94. The monoisotopic (exact) mass is 337 g/mol. The van der Waals surface area contributed by atoms with Crippen LogP contribution in [0.4, 0.5) is 0 Å². The minimum atomic E-state index is -0.539. The van der Waals surface area contributed by atoms with Gasteiger partial charge in [-0.05, 0) is 37.3 Å². The number of halogens is 1. The van der Waals surface area contributed by atoms with E-state index in [0.717, 1.165) is 35.9 Å². The molecule has 2 aromatic rings. The molecule has 0 aliphatic carbocycles. The Hall–Kier alpha value is -1.56. The number of carbonyl (C=O) groups is 1. The lowest BCUT2D eigenvalue weighted by molar-refractivity contribution is -0.123. The second kappa shape index (κ2) is 8.34. The number of aromatic amines is 1. The lowest BCUT2D eigenvalue weighted by Gasteiger charge is -2.23. The molecule has 1 saturated heterocycles. The van der Waals surface area contributed by atoms with E-state index in [1.807, 2.05) is 30.5 Å². The molecule has 6 heteroatoms. The second-order valence-electron chi connectivity index (χ2n) is 5.90. The summed E-state index contributed by atoms with van der Waals surface area (Å²) in [5.41, 5.74) is 8.19. The SMILES string of the molecule is Cl.N[C@@H](Cc1c[nH]c2ccccc12)C(=O)NCC1CCCCO1. The standard InChI is InChI=1S/C17H23N3O2.ClH/c18-15(17(21)20-11-13-5-3-4-8-22-13)9-12-10-19-16-7-2-1-6-14(12)16;/h1-2,6-7,10,13,15,19H,3-5,8-9,11,18H2,(H,20,21);1H/t13?,15-;/m0./s1. The minimum Gasteiger partial charge on any atom is -0.376 e. The zero-order valence-corrected chi connectivity index (χ0v) is 13.9. The molecule has 5 nitrogen and oxygen atoms in total. The summed E-state index contributed by atoms with van der Waals surface area (Å²) >= 11 is 0. The van der Waals surface area contributed by atoms with E-state index >= 15 is 0 Å². The van der Waals surface area contributed by atoms with Gasteiger partial charge in [0.1, 0.15) is 0 Å². The number of benzene rings is 1. The predicted octanol–water partition coefficient (Wildman–Crippen LogP) is 2.14. The van der Waals surface area contributed by atoms with Crippen molar-refractivity contribution in [1.82, 2.24) is 10.3 Å². The number of nitrogens with two attached hydrogens (primary N) is 1. The van der Waals surface area contributed by atoms with Crippen LogP contribution in [0.25, 0.3) is 10.9 Å². The molecule has 0 spiro atoms. The van der Waals surface area contributed by atoms with Gasteiger partial charge in [-0.2, -0.15) is 0 Å². The number of aromatic nitrogens is 1. The summed E-state index contributed by atoms with van der Waals surface area (Å²) in [4.78, 5) is 15.4. The smallest absolute Gasteiger partial charge is 0.237 e. The van der Waals surface area contributed by atoms with Gasteiger partial charge in [-0.15, -0.1) is 12.4 Å². The van der Waals surface area contributed by atoms with Crippen molar-refractivity contribution < 1.29 is 9.53 Å². The molecule has 4 N–H and O–H groups in total. The fraction of sp³-hybridized carbons (Fsp3) is 0.471. The van der Waals surface area contributed by atoms with E-state index in [-0.39, 0.29) is 24.4 Å². The molecular formula is C17H24ClN3O2. The van der Waals surface area contributed by atoms with Crippen molar-refractivity contribution in [3.8, 4) is 0 Å². The molecule has 1 aliphatic heterocycles. The molecule has 23 heavy (non-hydrogen) atoms. The van der Waals surface area contributed by atoms with E-state index in [1.54, 1.807) is 0 Å². The minimum absolute atomic E-state index is 0. The van der Waals surface area contributed by atoms with Crippen molar-refractivity contribution in [1.29, 1.82) is 0 Å². The fourth-order valence-electron chi connectivity index (χ4n) is 2.94. The van der Waals surface area contributed by atoms with Crippen LogP contribution in [0.1, 0.15) is 24.8 Å². The first kappa shape index (κ1) is 17.8. The van der Waals surface area contributed by atoms with E-state index in [1.165, 1.54) is 6.42 Å². The molecule has 2 heterocycles. The molecule has 1 amide bonds. The van der Waals surface area contributed by atoms with Gasteiger partial charge in [-0.1, -0.05) is 18.2 Å². The van der Waals surface area contributed by atoms with Crippen LogP contribution in [-0.4, -0.2) is 36.2 Å². The van der Waals surface area contributed by atoms with E-state index < -0.39 is 6.04 Å². The number of hydrogen-bond donors (Lipinski definition) is 3. The third-order valence-electron chi connectivity index (χ3n) is 4.23. The Bertz CT molecular complexity index is 638. The van der Waals surface area contributed by atoms with Crippen LogP contribution in [0.5, 0.6) is 0 Å². The molecule has 0 saturated carbocycles. The first-order chi connectivity index (χ1) is 10.7. The molecule has 1 aromatic carbocycles. The van der Waals surface area contributed by atoms with E-state index in [4.69, 9.17) is 10.5 Å². The van der Waals surface area contributed by atoms with Gasteiger partial charge in [-0.25, -0.2) is 0 Å². The first-order valence-electron chi connectivity index (χ1n) is 7.94. The molecule has 2 atom stereocenters. The highest BCUT2D eigenvalue weighted by Crippen LogP contribution is 2.18. The number of para-hydroxylation sites is 1. The van der Waals surface area contributed by atoms with E-state index in [9.17, 15) is 4.79 Å².